The number of anilines is 2. The summed E-state index contributed by atoms with van der Waals surface area (Å²) in [6.07, 6.45) is 1.56. The molecule has 4 amide bonds. The van der Waals surface area contributed by atoms with Gasteiger partial charge in [0.15, 0.2) is 6.61 Å². The van der Waals surface area contributed by atoms with Gasteiger partial charge in [-0.2, -0.15) is 0 Å². The van der Waals surface area contributed by atoms with E-state index in [2.05, 4.69) is 10.6 Å². The van der Waals surface area contributed by atoms with Gasteiger partial charge >= 0.3 is 0 Å². The first-order valence-corrected chi connectivity index (χ1v) is 13.1. The molecule has 1 fully saturated rings. The number of nitrogens with one attached hydrogen (secondary N) is 2. The van der Waals surface area contributed by atoms with E-state index in [9.17, 15) is 19.2 Å². The molecule has 0 bridgehead atoms. The van der Waals surface area contributed by atoms with Gasteiger partial charge < -0.3 is 15.4 Å². The summed E-state index contributed by atoms with van der Waals surface area (Å²) in [5.74, 6) is -0.866. The number of nitrogens with zero attached hydrogens (tertiary/aromatic N) is 1. The van der Waals surface area contributed by atoms with E-state index in [-0.39, 0.29) is 24.0 Å². The molecule has 0 atom stereocenters. The molecule has 8 nitrogen and oxygen atoms in total. The van der Waals surface area contributed by atoms with Crippen LogP contribution >= 0.6 is 11.8 Å². The quantitative estimate of drug-likeness (QED) is 0.358. The molecule has 0 saturated carbocycles. The van der Waals surface area contributed by atoms with Crippen molar-refractivity contribution in [2.75, 3.05) is 23.8 Å². The first-order chi connectivity index (χ1) is 18.6. The van der Waals surface area contributed by atoms with Crippen LogP contribution in [0, 0.1) is 27.7 Å². The fourth-order valence-corrected chi connectivity index (χ4v) is 4.77. The highest BCUT2D eigenvalue weighted by Crippen LogP contribution is 2.32. The Morgan fingerprint density at radius 1 is 0.872 bits per heavy atom. The number of carbonyl (C=O) groups excluding carboxylic acids is 4. The van der Waals surface area contributed by atoms with E-state index in [4.69, 9.17) is 4.74 Å². The predicted molar refractivity (Wildman–Crippen MR) is 154 cm³/mol. The van der Waals surface area contributed by atoms with E-state index in [0.717, 1.165) is 38.9 Å². The molecule has 0 radical (unpaired) electrons. The highest BCUT2D eigenvalue weighted by atomic mass is 32.2. The normalized spacial score (nSPS) is 14.1. The van der Waals surface area contributed by atoms with Crippen molar-refractivity contribution >= 4 is 52.2 Å². The molecule has 9 heteroatoms. The SMILES string of the molecule is Cc1ccc(NC(=O)CN2C(=O)S/C(=C\c3cccc(OCC(=O)Nc4ccc(C)c(C)c4)c3)C2=O)c(C)c1. The molecular weight excluding hydrogens is 514 g/mol. The van der Waals surface area contributed by atoms with Crippen LogP contribution in [-0.4, -0.2) is 41.0 Å². The Bertz CT molecular complexity index is 1500. The van der Waals surface area contributed by atoms with E-state index in [1.165, 1.54) is 0 Å². The third kappa shape index (κ3) is 7.14. The molecular formula is C30H29N3O5S. The van der Waals surface area contributed by atoms with Gasteiger partial charge in [-0.25, -0.2) is 0 Å². The molecule has 0 aliphatic carbocycles. The summed E-state index contributed by atoms with van der Waals surface area (Å²) in [4.78, 5) is 51.4. The zero-order valence-electron chi connectivity index (χ0n) is 22.2. The van der Waals surface area contributed by atoms with Crippen LogP contribution < -0.4 is 15.4 Å². The highest BCUT2D eigenvalue weighted by Gasteiger charge is 2.36. The van der Waals surface area contributed by atoms with Crippen molar-refractivity contribution in [1.29, 1.82) is 0 Å². The second-order valence-electron chi connectivity index (χ2n) is 9.34. The van der Waals surface area contributed by atoms with Crippen LogP contribution in [0.2, 0.25) is 0 Å². The summed E-state index contributed by atoms with van der Waals surface area (Å²) < 4.78 is 5.63. The van der Waals surface area contributed by atoms with Gasteiger partial charge in [-0.15, -0.1) is 0 Å². The van der Waals surface area contributed by atoms with Crippen LogP contribution in [0.1, 0.15) is 27.8 Å². The van der Waals surface area contributed by atoms with Crippen molar-refractivity contribution in [3.63, 3.8) is 0 Å². The summed E-state index contributed by atoms with van der Waals surface area (Å²) in [6, 6.07) is 18.1. The molecule has 0 unspecified atom stereocenters. The minimum absolute atomic E-state index is 0.192. The Hall–Kier alpha value is -4.37. The van der Waals surface area contributed by atoms with Crippen LogP contribution in [0.4, 0.5) is 16.2 Å². The zero-order chi connectivity index (χ0) is 28.1. The lowest BCUT2D eigenvalue weighted by atomic mass is 10.1. The zero-order valence-corrected chi connectivity index (χ0v) is 23.0. The lowest BCUT2D eigenvalue weighted by molar-refractivity contribution is -0.127. The fraction of sp³-hybridized carbons (Fsp3) is 0.200. The molecule has 1 heterocycles. The maximum atomic E-state index is 12.9. The number of aryl methyl sites for hydroxylation is 4. The van der Waals surface area contributed by atoms with Gasteiger partial charge in [0.1, 0.15) is 12.3 Å². The van der Waals surface area contributed by atoms with Crippen molar-refractivity contribution in [2.24, 2.45) is 0 Å². The van der Waals surface area contributed by atoms with Gasteiger partial charge in [-0.1, -0.05) is 35.9 Å². The lowest BCUT2D eigenvalue weighted by Gasteiger charge is -2.14. The fourth-order valence-electron chi connectivity index (χ4n) is 3.93. The number of amides is 4. The van der Waals surface area contributed by atoms with E-state index in [0.29, 0.717) is 22.7 Å². The summed E-state index contributed by atoms with van der Waals surface area (Å²) in [5.41, 5.74) is 6.12. The van der Waals surface area contributed by atoms with Gasteiger partial charge in [-0.05, 0) is 98.1 Å². The second-order valence-corrected chi connectivity index (χ2v) is 10.3. The van der Waals surface area contributed by atoms with Crippen molar-refractivity contribution in [1.82, 2.24) is 4.90 Å². The van der Waals surface area contributed by atoms with Crippen LogP contribution in [0.25, 0.3) is 6.08 Å². The number of ether oxygens (including phenoxy) is 1. The van der Waals surface area contributed by atoms with Crippen LogP contribution in [0.15, 0.2) is 65.6 Å². The molecule has 0 spiro atoms. The third-order valence-electron chi connectivity index (χ3n) is 6.15. The molecule has 1 saturated heterocycles. The lowest BCUT2D eigenvalue weighted by Crippen LogP contribution is -2.36. The number of hydrogen-bond donors (Lipinski definition) is 2. The average molecular weight is 544 g/mol. The largest absolute Gasteiger partial charge is 0.484 e. The Morgan fingerprint density at radius 2 is 1.67 bits per heavy atom. The van der Waals surface area contributed by atoms with Crippen molar-refractivity contribution in [3.05, 3.63) is 93.4 Å². The molecule has 200 valence electrons. The smallest absolute Gasteiger partial charge is 0.294 e. The highest BCUT2D eigenvalue weighted by molar-refractivity contribution is 8.18. The van der Waals surface area contributed by atoms with Crippen molar-refractivity contribution in [2.45, 2.75) is 27.7 Å². The van der Waals surface area contributed by atoms with E-state index in [1.54, 1.807) is 36.4 Å². The Morgan fingerprint density at radius 3 is 2.41 bits per heavy atom. The van der Waals surface area contributed by atoms with E-state index < -0.39 is 17.1 Å². The second kappa shape index (κ2) is 12.0. The summed E-state index contributed by atoms with van der Waals surface area (Å²) in [5, 5.41) is 5.05. The van der Waals surface area contributed by atoms with Gasteiger partial charge in [0.2, 0.25) is 5.91 Å². The molecule has 0 aromatic heterocycles. The molecule has 1 aliphatic heterocycles. The summed E-state index contributed by atoms with van der Waals surface area (Å²) in [7, 11) is 0. The molecule has 2 N–H and O–H groups in total. The van der Waals surface area contributed by atoms with Gasteiger partial charge in [-0.3, -0.25) is 24.1 Å². The Labute approximate surface area is 231 Å². The van der Waals surface area contributed by atoms with Crippen LogP contribution in [0.5, 0.6) is 5.75 Å². The average Bonchev–Trinajstić information content (AvgIpc) is 3.14. The first-order valence-electron chi connectivity index (χ1n) is 12.3. The van der Waals surface area contributed by atoms with Gasteiger partial charge in [0.05, 0.1) is 4.91 Å². The number of hydrogen-bond acceptors (Lipinski definition) is 6. The monoisotopic (exact) mass is 543 g/mol. The van der Waals surface area contributed by atoms with Crippen molar-refractivity contribution < 1.29 is 23.9 Å². The molecule has 3 aromatic rings. The minimum Gasteiger partial charge on any atom is -0.484 e. The number of rotatable bonds is 8. The summed E-state index contributed by atoms with van der Waals surface area (Å²) >= 11 is 0.771. The first kappa shape index (κ1) is 27.7. The molecule has 39 heavy (non-hydrogen) atoms. The van der Waals surface area contributed by atoms with Crippen LogP contribution in [-0.2, 0) is 14.4 Å². The standard InChI is InChI=1S/C30H29N3O5S/c1-18-8-11-25(21(4)12-18)32-27(34)16-33-29(36)26(39-30(33)37)15-22-6-5-7-24(14-22)38-17-28(35)31-23-10-9-19(2)20(3)13-23/h5-15H,16-17H2,1-4H3,(H,31,35)(H,32,34)/b26-15-. The van der Waals surface area contributed by atoms with E-state index >= 15 is 0 Å². The van der Waals surface area contributed by atoms with Gasteiger partial charge in [0, 0.05) is 11.4 Å². The Kier molecular flexibility index (Phi) is 8.51. The summed E-state index contributed by atoms with van der Waals surface area (Å²) in [6.45, 7) is 7.23. The molecule has 4 rings (SSSR count). The van der Waals surface area contributed by atoms with Crippen LogP contribution in [0.3, 0.4) is 0 Å². The Balaban J connectivity index is 1.35. The minimum atomic E-state index is -0.542. The number of carbonyl (C=O) groups is 4. The maximum Gasteiger partial charge on any atom is 0.294 e. The number of thioether (sulfide) groups is 1. The number of benzene rings is 3. The molecule has 1 aliphatic rings. The number of imide groups is 1. The van der Waals surface area contributed by atoms with E-state index in [1.807, 2.05) is 58.0 Å². The topological polar surface area (TPSA) is 105 Å². The third-order valence-corrected chi connectivity index (χ3v) is 7.06. The van der Waals surface area contributed by atoms with Crippen molar-refractivity contribution in [3.8, 4) is 5.75 Å². The van der Waals surface area contributed by atoms with Gasteiger partial charge in [0.25, 0.3) is 17.1 Å². The maximum absolute atomic E-state index is 12.9. The molecule has 3 aromatic carbocycles. The predicted octanol–water partition coefficient (Wildman–Crippen LogP) is 5.61.